The fraction of sp³-hybridized carbons (Fsp3) is 0.550. The third-order valence-electron chi connectivity index (χ3n) is 4.99. The lowest BCUT2D eigenvalue weighted by Gasteiger charge is -2.29. The lowest BCUT2D eigenvalue weighted by Crippen LogP contribution is -2.53. The minimum atomic E-state index is -0.773. The van der Waals surface area contributed by atoms with Crippen molar-refractivity contribution in [3.8, 4) is 0 Å². The first-order valence-corrected chi connectivity index (χ1v) is 9.73. The van der Waals surface area contributed by atoms with Crippen LogP contribution >= 0.6 is 0 Å². The maximum Gasteiger partial charge on any atom is 0.310 e. The molecule has 0 bridgehead atoms. The molecular weight excluding hydrogens is 362 g/mol. The molecule has 0 spiro atoms. The van der Waals surface area contributed by atoms with Gasteiger partial charge in [0.05, 0.1) is 6.42 Å². The van der Waals surface area contributed by atoms with E-state index in [0.717, 1.165) is 12.1 Å². The number of carbonyl (C=O) groups is 3. The van der Waals surface area contributed by atoms with Gasteiger partial charge in [0.15, 0.2) is 0 Å². The van der Waals surface area contributed by atoms with Crippen molar-refractivity contribution in [2.45, 2.75) is 57.5 Å². The molecular formula is C20H27N3O5. The van der Waals surface area contributed by atoms with Crippen LogP contribution in [0, 0.1) is 0 Å². The normalized spacial score (nSPS) is 25.3. The van der Waals surface area contributed by atoms with E-state index in [0.29, 0.717) is 19.6 Å². The molecule has 3 rings (SSSR count). The van der Waals surface area contributed by atoms with Crippen molar-refractivity contribution >= 4 is 23.5 Å². The molecule has 0 aromatic heterocycles. The van der Waals surface area contributed by atoms with E-state index < -0.39 is 30.4 Å². The number of benzene rings is 1. The first-order valence-electron chi connectivity index (χ1n) is 9.73. The predicted octanol–water partition coefficient (Wildman–Crippen LogP) is 1.27. The molecule has 8 nitrogen and oxygen atoms in total. The second-order valence-electron chi connectivity index (χ2n) is 7.05. The van der Waals surface area contributed by atoms with E-state index in [2.05, 4.69) is 10.6 Å². The van der Waals surface area contributed by atoms with Gasteiger partial charge in [0.2, 0.25) is 18.1 Å². The summed E-state index contributed by atoms with van der Waals surface area (Å²) in [5.41, 5.74) is 0.852. The zero-order valence-corrected chi connectivity index (χ0v) is 16.2. The molecule has 2 saturated heterocycles. The minimum absolute atomic E-state index is 0.0725. The summed E-state index contributed by atoms with van der Waals surface area (Å²) in [5, 5.41) is 6.01. The molecule has 4 atom stereocenters. The number of carbonyl (C=O) groups excluding carboxylic acids is 3. The highest BCUT2D eigenvalue weighted by Gasteiger charge is 2.41. The summed E-state index contributed by atoms with van der Waals surface area (Å²) in [6.45, 7) is 4.49. The second-order valence-corrected chi connectivity index (χ2v) is 7.05. The molecule has 0 aliphatic carbocycles. The number of esters is 1. The highest BCUT2D eigenvalue weighted by atomic mass is 16.7. The van der Waals surface area contributed by atoms with Gasteiger partial charge >= 0.3 is 5.97 Å². The van der Waals surface area contributed by atoms with Gasteiger partial charge in [-0.3, -0.25) is 14.4 Å². The molecule has 1 unspecified atom stereocenters. The smallest absolute Gasteiger partial charge is 0.310 e. The second kappa shape index (κ2) is 9.05. The van der Waals surface area contributed by atoms with Gasteiger partial charge < -0.3 is 25.0 Å². The number of amides is 2. The van der Waals surface area contributed by atoms with Crippen molar-refractivity contribution in [1.82, 2.24) is 10.2 Å². The van der Waals surface area contributed by atoms with Gasteiger partial charge in [-0.25, -0.2) is 0 Å². The summed E-state index contributed by atoms with van der Waals surface area (Å²) in [7, 11) is 0. The van der Waals surface area contributed by atoms with Crippen molar-refractivity contribution in [2.75, 3.05) is 18.5 Å². The average Bonchev–Trinajstić information content (AvgIpc) is 3.29. The molecule has 2 amide bonds. The number of para-hydroxylation sites is 1. The van der Waals surface area contributed by atoms with Gasteiger partial charge in [-0.1, -0.05) is 18.2 Å². The number of hydrogen-bond acceptors (Lipinski definition) is 6. The first-order chi connectivity index (χ1) is 13.5. The highest BCUT2D eigenvalue weighted by molar-refractivity contribution is 5.91. The Bertz CT molecular complexity index is 711. The van der Waals surface area contributed by atoms with E-state index in [9.17, 15) is 14.4 Å². The summed E-state index contributed by atoms with van der Waals surface area (Å²) >= 11 is 0. The standard InChI is InChI=1S/C20H27N3O5/c1-3-27-20-15(12-17(24)28-20)22-18(25)16-10-7-11-23(16)19(26)13(2)21-14-8-5-4-6-9-14/h4-6,8-9,13,15-16,20-21H,3,7,10-12H2,1-2H3,(H,22,25)/t13-,15-,16-,20?/m0/s1. The molecule has 1 aromatic carbocycles. The molecule has 2 aliphatic heterocycles. The Labute approximate surface area is 164 Å². The van der Waals surface area contributed by atoms with E-state index >= 15 is 0 Å². The Morgan fingerprint density at radius 2 is 2.07 bits per heavy atom. The summed E-state index contributed by atoms with van der Waals surface area (Å²) in [6.07, 6.45) is 0.654. The Morgan fingerprint density at radius 3 is 2.79 bits per heavy atom. The largest absolute Gasteiger partial charge is 0.433 e. The van der Waals surface area contributed by atoms with E-state index in [1.807, 2.05) is 30.3 Å². The number of nitrogens with zero attached hydrogens (tertiary/aromatic N) is 1. The van der Waals surface area contributed by atoms with Crippen molar-refractivity contribution in [3.63, 3.8) is 0 Å². The van der Waals surface area contributed by atoms with Crippen LogP contribution in [0.15, 0.2) is 30.3 Å². The van der Waals surface area contributed by atoms with Crippen LogP contribution < -0.4 is 10.6 Å². The molecule has 152 valence electrons. The zero-order valence-electron chi connectivity index (χ0n) is 16.2. The monoisotopic (exact) mass is 389 g/mol. The number of anilines is 1. The van der Waals surface area contributed by atoms with E-state index in [4.69, 9.17) is 9.47 Å². The van der Waals surface area contributed by atoms with Crippen LogP contribution in [-0.2, 0) is 23.9 Å². The van der Waals surface area contributed by atoms with Gasteiger partial charge in [-0.05, 0) is 38.8 Å². The molecule has 28 heavy (non-hydrogen) atoms. The lowest BCUT2D eigenvalue weighted by molar-refractivity contribution is -0.164. The number of ether oxygens (including phenoxy) is 2. The van der Waals surface area contributed by atoms with E-state index in [-0.39, 0.29) is 18.2 Å². The fourth-order valence-electron chi connectivity index (χ4n) is 3.65. The van der Waals surface area contributed by atoms with Crippen molar-refractivity contribution in [1.29, 1.82) is 0 Å². The summed E-state index contributed by atoms with van der Waals surface area (Å²) in [5.74, 6) is -0.795. The van der Waals surface area contributed by atoms with Gasteiger partial charge in [0, 0.05) is 18.8 Å². The van der Waals surface area contributed by atoms with Crippen LogP contribution in [0.4, 0.5) is 5.69 Å². The van der Waals surface area contributed by atoms with Gasteiger partial charge in [0.25, 0.3) is 0 Å². The molecule has 2 fully saturated rings. The number of nitrogens with one attached hydrogen (secondary N) is 2. The Kier molecular flexibility index (Phi) is 6.51. The Balaban J connectivity index is 1.60. The first kappa shape index (κ1) is 20.1. The Morgan fingerprint density at radius 1 is 1.32 bits per heavy atom. The maximum atomic E-state index is 12.9. The highest BCUT2D eigenvalue weighted by Crippen LogP contribution is 2.22. The number of likely N-dealkylation sites (tertiary alicyclic amines) is 1. The summed E-state index contributed by atoms with van der Waals surface area (Å²) in [6, 6.07) is 7.94. The van der Waals surface area contributed by atoms with Crippen LogP contribution in [0.1, 0.15) is 33.1 Å². The average molecular weight is 389 g/mol. The predicted molar refractivity (Wildman–Crippen MR) is 102 cm³/mol. The van der Waals surface area contributed by atoms with Crippen molar-refractivity contribution < 1.29 is 23.9 Å². The number of rotatable bonds is 7. The summed E-state index contributed by atoms with van der Waals surface area (Å²) in [4.78, 5) is 38.9. The number of cyclic esters (lactones) is 1. The fourth-order valence-corrected chi connectivity index (χ4v) is 3.65. The summed E-state index contributed by atoms with van der Waals surface area (Å²) < 4.78 is 10.5. The van der Waals surface area contributed by atoms with Crippen LogP contribution in [0.25, 0.3) is 0 Å². The van der Waals surface area contributed by atoms with Crippen LogP contribution in [0.2, 0.25) is 0 Å². The lowest BCUT2D eigenvalue weighted by atomic mass is 10.1. The van der Waals surface area contributed by atoms with Crippen LogP contribution in [-0.4, -0.2) is 60.3 Å². The van der Waals surface area contributed by atoms with Crippen LogP contribution in [0.5, 0.6) is 0 Å². The van der Waals surface area contributed by atoms with Crippen molar-refractivity contribution in [2.24, 2.45) is 0 Å². The van der Waals surface area contributed by atoms with E-state index in [1.54, 1.807) is 18.7 Å². The quantitative estimate of drug-likeness (QED) is 0.682. The SMILES string of the molecule is CCOC1OC(=O)C[C@@H]1NC(=O)[C@@H]1CCCN1C(=O)[C@H](C)Nc1ccccc1. The van der Waals surface area contributed by atoms with Crippen LogP contribution in [0.3, 0.4) is 0 Å². The molecule has 8 heteroatoms. The minimum Gasteiger partial charge on any atom is -0.433 e. The van der Waals surface area contributed by atoms with E-state index in [1.165, 1.54) is 0 Å². The number of hydrogen-bond donors (Lipinski definition) is 2. The third kappa shape index (κ3) is 4.62. The third-order valence-corrected chi connectivity index (χ3v) is 4.99. The molecule has 2 N–H and O–H groups in total. The zero-order chi connectivity index (χ0) is 20.1. The Hall–Kier alpha value is -2.61. The molecule has 0 radical (unpaired) electrons. The molecule has 2 aliphatic rings. The maximum absolute atomic E-state index is 12.9. The van der Waals surface area contributed by atoms with Gasteiger partial charge in [0.1, 0.15) is 18.1 Å². The molecule has 0 saturated carbocycles. The molecule has 2 heterocycles. The van der Waals surface area contributed by atoms with Crippen molar-refractivity contribution in [3.05, 3.63) is 30.3 Å². The topological polar surface area (TPSA) is 97.0 Å². The van der Waals surface area contributed by atoms with Gasteiger partial charge in [-0.2, -0.15) is 0 Å². The molecule has 1 aromatic rings. The van der Waals surface area contributed by atoms with Gasteiger partial charge in [-0.15, -0.1) is 0 Å².